The van der Waals surface area contributed by atoms with Crippen LogP contribution in [0.15, 0.2) is 18.6 Å². The molecule has 1 aromatic rings. The number of fused-ring (bicyclic) bond motifs is 1. The molecule has 3 nitrogen and oxygen atoms in total. The molecule has 11 heavy (non-hydrogen) atoms. The molecule has 1 aliphatic rings. The molecular weight excluding hydrogens is 140 g/mol. The van der Waals surface area contributed by atoms with Gasteiger partial charge in [0.05, 0.1) is 6.61 Å². The molecule has 58 valence electrons. The van der Waals surface area contributed by atoms with Crippen LogP contribution < -0.4 is 4.57 Å². The first-order valence-corrected chi connectivity index (χ1v) is 3.83. The second-order valence-electron chi connectivity index (χ2n) is 2.70. The number of rotatable bonds is 0. The van der Waals surface area contributed by atoms with Crippen molar-refractivity contribution in [3.63, 3.8) is 0 Å². The van der Waals surface area contributed by atoms with E-state index in [-0.39, 0.29) is 6.23 Å². The minimum atomic E-state index is 0.146. The second kappa shape index (κ2) is 2.58. The molecule has 3 heteroatoms. The molecule has 0 saturated carbocycles. The zero-order chi connectivity index (χ0) is 7.68. The van der Waals surface area contributed by atoms with Crippen LogP contribution in [0, 0.1) is 0 Å². The maximum Gasteiger partial charge on any atom is 0.288 e. The molecule has 2 rings (SSSR count). The van der Waals surface area contributed by atoms with Gasteiger partial charge in [-0.25, -0.2) is 4.57 Å². The quantitative estimate of drug-likeness (QED) is 0.503. The van der Waals surface area contributed by atoms with Gasteiger partial charge in [-0.3, -0.25) is 0 Å². The van der Waals surface area contributed by atoms with Gasteiger partial charge in [0, 0.05) is 19.4 Å². The lowest BCUT2D eigenvalue weighted by Gasteiger charge is -2.18. The molecule has 0 aliphatic carbocycles. The number of hydrogen-bond donors (Lipinski definition) is 0. The fourth-order valence-corrected chi connectivity index (χ4v) is 1.35. The van der Waals surface area contributed by atoms with E-state index in [1.165, 1.54) is 5.69 Å². The van der Waals surface area contributed by atoms with E-state index in [4.69, 9.17) is 4.74 Å². The van der Waals surface area contributed by atoms with E-state index in [2.05, 4.69) is 9.55 Å². The van der Waals surface area contributed by atoms with Gasteiger partial charge in [0.15, 0.2) is 6.23 Å². The number of nitrogens with zero attached hydrogens (tertiary/aromatic N) is 2. The van der Waals surface area contributed by atoms with Gasteiger partial charge in [0.1, 0.15) is 11.9 Å². The molecule has 1 aromatic heterocycles. The van der Waals surface area contributed by atoms with Crippen LogP contribution >= 0.6 is 0 Å². The van der Waals surface area contributed by atoms with Crippen molar-refractivity contribution in [2.45, 2.75) is 19.6 Å². The normalized spacial score (nSPS) is 22.8. The maximum atomic E-state index is 5.43. The first-order chi connectivity index (χ1) is 5.38. The van der Waals surface area contributed by atoms with E-state index in [0.717, 1.165) is 13.0 Å². The van der Waals surface area contributed by atoms with Crippen LogP contribution in [-0.2, 0) is 11.2 Å². The highest BCUT2D eigenvalue weighted by Gasteiger charge is 2.19. The minimum absolute atomic E-state index is 0.146. The Hall–Kier alpha value is -0.960. The van der Waals surface area contributed by atoms with Gasteiger partial charge in [-0.15, -0.1) is 0 Å². The lowest BCUT2D eigenvalue weighted by molar-refractivity contribution is -0.775. The van der Waals surface area contributed by atoms with Crippen molar-refractivity contribution >= 4 is 0 Å². The summed E-state index contributed by atoms with van der Waals surface area (Å²) in [6.07, 6.45) is 4.78. The fraction of sp³-hybridized carbons (Fsp3) is 0.500. The third-order valence-electron chi connectivity index (χ3n) is 1.98. The van der Waals surface area contributed by atoms with Gasteiger partial charge in [0.25, 0.3) is 6.33 Å². The molecule has 0 spiro atoms. The summed E-state index contributed by atoms with van der Waals surface area (Å²) >= 11 is 0. The van der Waals surface area contributed by atoms with Crippen LogP contribution in [0.1, 0.15) is 18.8 Å². The maximum absolute atomic E-state index is 5.43. The number of hydrogen-bond acceptors (Lipinski definition) is 2. The summed E-state index contributed by atoms with van der Waals surface area (Å²) in [4.78, 5) is 4.03. The van der Waals surface area contributed by atoms with Crippen LogP contribution in [0.3, 0.4) is 0 Å². The summed E-state index contributed by atoms with van der Waals surface area (Å²) in [5.41, 5.74) is 1.30. The predicted molar refractivity (Wildman–Crippen MR) is 38.8 cm³/mol. The predicted octanol–water partition coefficient (Wildman–Crippen LogP) is 0.460. The molecule has 0 N–H and O–H groups in total. The average Bonchev–Trinajstić information content (AvgIpc) is 2.06. The highest BCUT2D eigenvalue weighted by atomic mass is 16.5. The zero-order valence-corrected chi connectivity index (χ0v) is 6.53. The lowest BCUT2D eigenvalue weighted by Crippen LogP contribution is -2.47. The Morgan fingerprint density at radius 2 is 2.64 bits per heavy atom. The van der Waals surface area contributed by atoms with Crippen molar-refractivity contribution in [3.8, 4) is 0 Å². The summed E-state index contributed by atoms with van der Waals surface area (Å²) in [7, 11) is 0. The van der Waals surface area contributed by atoms with Crippen LogP contribution in [0.5, 0.6) is 0 Å². The second-order valence-corrected chi connectivity index (χ2v) is 2.70. The summed E-state index contributed by atoms with van der Waals surface area (Å²) in [6.45, 7) is 2.86. The van der Waals surface area contributed by atoms with Crippen LogP contribution in [0.4, 0.5) is 0 Å². The van der Waals surface area contributed by atoms with E-state index in [1.807, 2.05) is 25.5 Å². The molecule has 1 atom stereocenters. The third kappa shape index (κ3) is 1.12. The Kier molecular flexibility index (Phi) is 1.58. The first-order valence-electron chi connectivity index (χ1n) is 3.83. The van der Waals surface area contributed by atoms with Crippen LogP contribution in [0.2, 0.25) is 0 Å². The Bertz CT molecular complexity index is 262. The van der Waals surface area contributed by atoms with Crippen LogP contribution in [0.25, 0.3) is 0 Å². The van der Waals surface area contributed by atoms with Crippen molar-refractivity contribution in [2.75, 3.05) is 6.61 Å². The largest absolute Gasteiger partial charge is 0.339 e. The van der Waals surface area contributed by atoms with E-state index in [0.29, 0.717) is 0 Å². The summed E-state index contributed by atoms with van der Waals surface area (Å²) < 4.78 is 7.49. The molecule has 0 unspecified atom stereocenters. The molecule has 0 fully saturated rings. The summed E-state index contributed by atoms with van der Waals surface area (Å²) in [6, 6.07) is 2.04. The highest BCUT2D eigenvalue weighted by Crippen LogP contribution is 2.06. The third-order valence-corrected chi connectivity index (χ3v) is 1.98. The summed E-state index contributed by atoms with van der Waals surface area (Å²) in [5, 5.41) is 0. The number of aromatic nitrogens is 2. The van der Waals surface area contributed by atoms with Gasteiger partial charge in [-0.2, -0.15) is 0 Å². The monoisotopic (exact) mass is 151 g/mol. The van der Waals surface area contributed by atoms with Gasteiger partial charge >= 0.3 is 0 Å². The van der Waals surface area contributed by atoms with Crippen molar-refractivity contribution < 1.29 is 9.30 Å². The zero-order valence-electron chi connectivity index (χ0n) is 6.53. The smallest absolute Gasteiger partial charge is 0.288 e. The van der Waals surface area contributed by atoms with Gasteiger partial charge < -0.3 is 4.74 Å². The lowest BCUT2D eigenvalue weighted by atomic mass is 10.2. The summed E-state index contributed by atoms with van der Waals surface area (Å²) in [5.74, 6) is 0. The molecule has 0 amide bonds. The Morgan fingerprint density at radius 3 is 3.45 bits per heavy atom. The topological polar surface area (TPSA) is 26.0 Å². The molecule has 1 aliphatic heterocycles. The highest BCUT2D eigenvalue weighted by molar-refractivity contribution is 4.92. The van der Waals surface area contributed by atoms with Gasteiger partial charge in [-0.05, 0) is 0 Å². The van der Waals surface area contributed by atoms with Crippen LogP contribution in [-0.4, -0.2) is 11.6 Å². The number of ether oxygens (including phenoxy) is 1. The van der Waals surface area contributed by atoms with Crippen molar-refractivity contribution in [2.24, 2.45) is 0 Å². The Labute approximate surface area is 65.6 Å². The van der Waals surface area contributed by atoms with E-state index in [9.17, 15) is 0 Å². The molecule has 0 aromatic carbocycles. The Balaban J connectivity index is 2.44. The minimum Gasteiger partial charge on any atom is -0.339 e. The first kappa shape index (κ1) is 6.73. The van der Waals surface area contributed by atoms with Crippen molar-refractivity contribution in [1.29, 1.82) is 0 Å². The molecule has 0 saturated heterocycles. The van der Waals surface area contributed by atoms with Crippen molar-refractivity contribution in [3.05, 3.63) is 24.3 Å². The molecule has 2 heterocycles. The Morgan fingerprint density at radius 1 is 1.73 bits per heavy atom. The standard InChI is InChI=1S/C8H11N2O/c1-7-10-6-9-4-2-8(10)3-5-11-7/h2,4,6-7H,3,5H2,1H3/q+1/t7-/m0/s1. The van der Waals surface area contributed by atoms with E-state index >= 15 is 0 Å². The SMILES string of the molecule is C[C@@H]1OCCc2ccnc[n+]21. The molecular formula is C8H11N2O+. The van der Waals surface area contributed by atoms with Gasteiger partial charge in [-0.1, -0.05) is 4.98 Å². The average molecular weight is 151 g/mol. The molecule has 0 radical (unpaired) electrons. The van der Waals surface area contributed by atoms with E-state index < -0.39 is 0 Å². The van der Waals surface area contributed by atoms with E-state index in [1.54, 1.807) is 0 Å². The van der Waals surface area contributed by atoms with Gasteiger partial charge in [0.2, 0.25) is 0 Å². The molecule has 0 bridgehead atoms. The fourth-order valence-electron chi connectivity index (χ4n) is 1.35. The van der Waals surface area contributed by atoms with Crippen molar-refractivity contribution in [1.82, 2.24) is 4.98 Å².